The Morgan fingerprint density at radius 3 is 1.73 bits per heavy atom. The molecule has 0 spiro atoms. The van der Waals surface area contributed by atoms with Crippen molar-refractivity contribution in [3.8, 4) is 0 Å². The van der Waals surface area contributed by atoms with Crippen LogP contribution in [0.5, 0.6) is 0 Å². The zero-order valence-electron chi connectivity index (χ0n) is 17.4. The van der Waals surface area contributed by atoms with E-state index >= 15 is 0 Å². The molecule has 164 valence electrons. The third kappa shape index (κ3) is 7.32. The molecule has 1 heterocycles. The largest absolute Gasteiger partial charge is 0.394 e. The molecule has 30 heavy (non-hydrogen) atoms. The van der Waals surface area contributed by atoms with Gasteiger partial charge in [0.2, 0.25) is 0 Å². The van der Waals surface area contributed by atoms with Gasteiger partial charge in [-0.15, -0.1) is 0 Å². The summed E-state index contributed by atoms with van der Waals surface area (Å²) in [5.74, 6) is 0.239. The maximum Gasteiger partial charge on any atom is 0.394 e. The van der Waals surface area contributed by atoms with Crippen LogP contribution < -0.4 is 0 Å². The summed E-state index contributed by atoms with van der Waals surface area (Å²) >= 11 is 0. The minimum atomic E-state index is -4.67. The second-order valence-electron chi connectivity index (χ2n) is 7.65. The molecule has 3 rings (SSSR count). The van der Waals surface area contributed by atoms with Gasteiger partial charge in [0, 0.05) is 0 Å². The second kappa shape index (κ2) is 11.4. The molecule has 1 saturated heterocycles. The molecule has 0 unspecified atom stereocenters. The van der Waals surface area contributed by atoms with Crippen LogP contribution in [-0.2, 0) is 20.6 Å². The Kier molecular flexibility index (Phi) is 9.17. The average molecular weight is 434 g/mol. The Balaban J connectivity index is 0.000000575. The van der Waals surface area contributed by atoms with Gasteiger partial charge in [0.15, 0.2) is 0 Å². The molecule has 2 aromatic carbocycles. The van der Waals surface area contributed by atoms with Crippen LogP contribution in [0.25, 0.3) is 0 Å². The van der Waals surface area contributed by atoms with Crippen LogP contribution in [0, 0.1) is 0 Å². The zero-order valence-corrected chi connectivity index (χ0v) is 18.2. The molecule has 1 aliphatic heterocycles. The standard InChI is InChI=1S/C23H29NO.H2O4S/c1-20(25)23(21-12-5-2-6-13-21,22-14-7-3-8-15-22)16-11-19-24-17-9-4-10-18-24;1-5(2,3)4/h2-3,5-8,12-15H,4,9-11,16-19H2,1H3;(H2,1,2,3,4). The molecule has 0 saturated carbocycles. The highest BCUT2D eigenvalue weighted by Gasteiger charge is 2.38. The molecule has 1 aliphatic rings. The number of nitrogens with zero attached hydrogens (tertiary/aromatic N) is 1. The number of ketones is 1. The molecular formula is C23H31NO5S. The van der Waals surface area contributed by atoms with Crippen LogP contribution in [0.1, 0.15) is 50.2 Å². The van der Waals surface area contributed by atoms with E-state index in [1.165, 1.54) is 32.4 Å². The molecule has 7 heteroatoms. The van der Waals surface area contributed by atoms with Crippen molar-refractivity contribution in [2.75, 3.05) is 19.6 Å². The number of carbonyl (C=O) groups excluding carboxylic acids is 1. The van der Waals surface area contributed by atoms with Crippen molar-refractivity contribution in [3.05, 3.63) is 71.8 Å². The summed E-state index contributed by atoms with van der Waals surface area (Å²) in [4.78, 5) is 15.5. The minimum absolute atomic E-state index is 0.239. The van der Waals surface area contributed by atoms with Crippen LogP contribution in [0.2, 0.25) is 0 Å². The Morgan fingerprint density at radius 1 is 0.900 bits per heavy atom. The lowest BCUT2D eigenvalue weighted by Gasteiger charge is -2.34. The highest BCUT2D eigenvalue weighted by molar-refractivity contribution is 7.79. The average Bonchev–Trinajstić information content (AvgIpc) is 2.72. The topological polar surface area (TPSA) is 94.9 Å². The molecule has 0 atom stereocenters. The summed E-state index contributed by atoms with van der Waals surface area (Å²) in [6.07, 6.45) is 5.91. The van der Waals surface area contributed by atoms with Crippen molar-refractivity contribution in [2.24, 2.45) is 0 Å². The van der Waals surface area contributed by atoms with Crippen LogP contribution in [0.4, 0.5) is 0 Å². The molecule has 0 amide bonds. The molecule has 2 aromatic rings. The van der Waals surface area contributed by atoms with E-state index in [9.17, 15) is 4.79 Å². The van der Waals surface area contributed by atoms with E-state index in [1.807, 2.05) is 36.4 Å². The summed E-state index contributed by atoms with van der Waals surface area (Å²) in [5.41, 5.74) is 1.71. The molecule has 2 N–H and O–H groups in total. The van der Waals surface area contributed by atoms with Gasteiger partial charge >= 0.3 is 10.4 Å². The molecule has 0 aliphatic carbocycles. The lowest BCUT2D eigenvalue weighted by Crippen LogP contribution is -2.37. The van der Waals surface area contributed by atoms with Crippen molar-refractivity contribution in [3.63, 3.8) is 0 Å². The summed E-state index contributed by atoms with van der Waals surface area (Å²) < 4.78 is 31.6. The molecule has 0 radical (unpaired) electrons. The van der Waals surface area contributed by atoms with Gasteiger partial charge in [-0.1, -0.05) is 67.1 Å². The monoisotopic (exact) mass is 433 g/mol. The Labute approximate surface area is 179 Å². The number of likely N-dealkylation sites (tertiary alicyclic amines) is 1. The van der Waals surface area contributed by atoms with Crippen LogP contribution >= 0.6 is 0 Å². The van der Waals surface area contributed by atoms with Crippen LogP contribution in [-0.4, -0.2) is 47.8 Å². The summed E-state index contributed by atoms with van der Waals surface area (Å²) in [6, 6.07) is 20.6. The van der Waals surface area contributed by atoms with Gasteiger partial charge in [0.1, 0.15) is 5.78 Å². The molecule has 0 aromatic heterocycles. The van der Waals surface area contributed by atoms with Gasteiger partial charge in [-0.25, -0.2) is 0 Å². The highest BCUT2D eigenvalue weighted by atomic mass is 32.3. The van der Waals surface area contributed by atoms with Gasteiger partial charge in [-0.3, -0.25) is 13.9 Å². The zero-order chi connectivity index (χ0) is 22.0. The van der Waals surface area contributed by atoms with E-state index in [1.54, 1.807) is 6.92 Å². The molecular weight excluding hydrogens is 402 g/mol. The first-order valence-electron chi connectivity index (χ1n) is 10.3. The minimum Gasteiger partial charge on any atom is -0.303 e. The van der Waals surface area contributed by atoms with Gasteiger partial charge in [0.25, 0.3) is 0 Å². The van der Waals surface area contributed by atoms with Gasteiger partial charge in [0.05, 0.1) is 5.41 Å². The number of piperidine rings is 1. The van der Waals surface area contributed by atoms with Crippen molar-refractivity contribution in [1.29, 1.82) is 0 Å². The first-order chi connectivity index (χ1) is 14.2. The molecule has 6 nitrogen and oxygen atoms in total. The number of benzene rings is 2. The lowest BCUT2D eigenvalue weighted by molar-refractivity contribution is -0.121. The number of rotatable bonds is 7. The fraction of sp³-hybridized carbons (Fsp3) is 0.435. The van der Waals surface area contributed by atoms with Crippen molar-refractivity contribution in [1.82, 2.24) is 4.90 Å². The normalized spacial score (nSPS) is 15.2. The second-order valence-corrected chi connectivity index (χ2v) is 8.54. The predicted octanol–water partition coefficient (Wildman–Crippen LogP) is 4.18. The van der Waals surface area contributed by atoms with E-state index in [2.05, 4.69) is 29.2 Å². The van der Waals surface area contributed by atoms with Gasteiger partial charge in [-0.2, -0.15) is 8.42 Å². The summed E-state index contributed by atoms with van der Waals surface area (Å²) in [6.45, 7) is 5.27. The molecule has 0 bridgehead atoms. The quantitative estimate of drug-likeness (QED) is 0.636. The van der Waals surface area contributed by atoms with Crippen LogP contribution in [0.3, 0.4) is 0 Å². The highest BCUT2D eigenvalue weighted by Crippen LogP contribution is 2.38. The van der Waals surface area contributed by atoms with E-state index in [0.29, 0.717) is 0 Å². The fourth-order valence-corrected chi connectivity index (χ4v) is 4.23. The first-order valence-corrected chi connectivity index (χ1v) is 11.7. The van der Waals surface area contributed by atoms with E-state index in [0.717, 1.165) is 30.5 Å². The third-order valence-electron chi connectivity index (χ3n) is 5.61. The van der Waals surface area contributed by atoms with Crippen LogP contribution in [0.15, 0.2) is 60.7 Å². The summed E-state index contributed by atoms with van der Waals surface area (Å²) in [5, 5.41) is 0. The Hall–Kier alpha value is -2.06. The maximum atomic E-state index is 12.9. The Bertz CT molecular complexity index is 831. The van der Waals surface area contributed by atoms with Crippen molar-refractivity contribution in [2.45, 2.75) is 44.4 Å². The van der Waals surface area contributed by atoms with Gasteiger partial charge < -0.3 is 4.90 Å². The summed E-state index contributed by atoms with van der Waals surface area (Å²) in [7, 11) is -4.67. The lowest BCUT2D eigenvalue weighted by atomic mass is 9.68. The van der Waals surface area contributed by atoms with E-state index < -0.39 is 15.8 Å². The van der Waals surface area contributed by atoms with E-state index in [4.69, 9.17) is 17.5 Å². The Morgan fingerprint density at radius 2 is 1.33 bits per heavy atom. The van der Waals surface area contributed by atoms with Crippen molar-refractivity contribution < 1.29 is 22.3 Å². The number of Topliss-reactive ketones (excluding diaryl/α,β-unsaturated/α-hetero) is 1. The SMILES string of the molecule is CC(=O)C(CCCN1CCCCC1)(c1ccccc1)c1ccccc1.O=S(=O)(O)O. The third-order valence-corrected chi connectivity index (χ3v) is 5.61. The smallest absolute Gasteiger partial charge is 0.303 e. The van der Waals surface area contributed by atoms with Gasteiger partial charge in [-0.05, 0) is 63.4 Å². The fourth-order valence-electron chi connectivity index (χ4n) is 4.23. The van der Waals surface area contributed by atoms with Crippen molar-refractivity contribution >= 4 is 16.2 Å². The first kappa shape index (κ1) is 24.2. The number of hydrogen-bond donors (Lipinski definition) is 2. The van der Waals surface area contributed by atoms with E-state index in [-0.39, 0.29) is 5.78 Å². The molecule has 1 fully saturated rings. The number of carbonyl (C=O) groups is 1. The maximum absolute atomic E-state index is 12.9. The predicted molar refractivity (Wildman–Crippen MR) is 118 cm³/mol. The number of hydrogen-bond acceptors (Lipinski definition) is 4.